The molecule has 0 aliphatic carbocycles. The van der Waals surface area contributed by atoms with Gasteiger partial charge >= 0.3 is 0 Å². The largest absolute Gasteiger partial charge is 0.454 e. The zero-order valence-corrected chi connectivity index (χ0v) is 16.4. The highest BCUT2D eigenvalue weighted by molar-refractivity contribution is 7.09. The Balaban J connectivity index is 1.28. The molecular weight excluding hydrogens is 378 g/mol. The molecule has 7 nitrogen and oxygen atoms in total. The Bertz CT molecular complexity index is 916. The first kappa shape index (κ1) is 18.5. The minimum atomic E-state index is -0.0553. The summed E-state index contributed by atoms with van der Waals surface area (Å²) < 4.78 is 10.6. The molecule has 0 saturated carbocycles. The van der Waals surface area contributed by atoms with E-state index in [1.165, 1.54) is 11.3 Å². The molecule has 0 radical (unpaired) electrons. The molecule has 3 heterocycles. The molecule has 146 valence electrons. The van der Waals surface area contributed by atoms with E-state index in [9.17, 15) is 9.59 Å². The topological polar surface area (TPSA) is 72.0 Å². The van der Waals surface area contributed by atoms with Gasteiger partial charge < -0.3 is 19.3 Å². The van der Waals surface area contributed by atoms with Gasteiger partial charge in [0, 0.05) is 43.3 Å². The maximum absolute atomic E-state index is 12.4. The molecular formula is C20H21N3O4S. The van der Waals surface area contributed by atoms with Crippen molar-refractivity contribution in [3.63, 3.8) is 0 Å². The third kappa shape index (κ3) is 4.17. The fraction of sp³-hybridized carbons (Fsp3) is 0.350. The van der Waals surface area contributed by atoms with E-state index < -0.39 is 0 Å². The Hall–Kier alpha value is -2.87. The van der Waals surface area contributed by atoms with Crippen LogP contribution in [0.25, 0.3) is 6.08 Å². The zero-order chi connectivity index (χ0) is 19.5. The highest BCUT2D eigenvalue weighted by atomic mass is 32.1. The Morgan fingerprint density at radius 2 is 1.89 bits per heavy atom. The lowest BCUT2D eigenvalue weighted by atomic mass is 10.2. The first-order valence-electron chi connectivity index (χ1n) is 9.14. The SMILES string of the molecule is Cc1csc(CC(=O)N2CCN(C(=O)/C=C/c3ccc4c(c3)OCO4)CC2)n1. The van der Waals surface area contributed by atoms with E-state index in [-0.39, 0.29) is 18.6 Å². The van der Waals surface area contributed by atoms with E-state index >= 15 is 0 Å². The van der Waals surface area contributed by atoms with Crippen LogP contribution in [-0.4, -0.2) is 59.6 Å². The first-order valence-corrected chi connectivity index (χ1v) is 10.0. The number of amides is 2. The lowest BCUT2D eigenvalue weighted by molar-refractivity contribution is -0.136. The number of hydrogen-bond acceptors (Lipinski definition) is 6. The maximum Gasteiger partial charge on any atom is 0.246 e. The molecule has 4 rings (SSSR count). The number of aryl methyl sites for hydroxylation is 1. The second-order valence-electron chi connectivity index (χ2n) is 6.71. The van der Waals surface area contributed by atoms with Crippen molar-refractivity contribution in [3.05, 3.63) is 45.9 Å². The first-order chi connectivity index (χ1) is 13.6. The number of hydrogen-bond donors (Lipinski definition) is 0. The van der Waals surface area contributed by atoms with Crippen molar-refractivity contribution in [2.75, 3.05) is 33.0 Å². The number of carbonyl (C=O) groups excluding carboxylic acids is 2. The van der Waals surface area contributed by atoms with Crippen molar-refractivity contribution in [2.24, 2.45) is 0 Å². The van der Waals surface area contributed by atoms with Gasteiger partial charge in [0.1, 0.15) is 5.01 Å². The standard InChI is InChI=1S/C20H21N3O4S/c1-14-12-28-18(21-14)11-20(25)23-8-6-22(7-9-23)19(24)5-3-15-2-4-16-17(10-15)27-13-26-16/h2-5,10,12H,6-9,11,13H2,1H3/b5-3+. The average Bonchev–Trinajstić information content (AvgIpc) is 3.34. The van der Waals surface area contributed by atoms with Crippen LogP contribution in [0.2, 0.25) is 0 Å². The minimum Gasteiger partial charge on any atom is -0.454 e. The van der Waals surface area contributed by atoms with Gasteiger partial charge in [0.25, 0.3) is 0 Å². The maximum atomic E-state index is 12.4. The minimum absolute atomic E-state index is 0.0553. The summed E-state index contributed by atoms with van der Waals surface area (Å²) in [6, 6.07) is 5.57. The molecule has 28 heavy (non-hydrogen) atoms. The molecule has 2 aromatic rings. The number of rotatable bonds is 4. The molecule has 1 fully saturated rings. The predicted molar refractivity (Wildman–Crippen MR) is 105 cm³/mol. The zero-order valence-electron chi connectivity index (χ0n) is 15.6. The Morgan fingerprint density at radius 1 is 1.14 bits per heavy atom. The van der Waals surface area contributed by atoms with E-state index in [1.54, 1.807) is 17.1 Å². The number of fused-ring (bicyclic) bond motifs is 1. The van der Waals surface area contributed by atoms with Crippen molar-refractivity contribution in [1.29, 1.82) is 0 Å². The fourth-order valence-corrected chi connectivity index (χ4v) is 3.95. The quantitative estimate of drug-likeness (QED) is 0.737. The Kier molecular flexibility index (Phi) is 5.29. The number of nitrogens with zero attached hydrogens (tertiary/aromatic N) is 3. The van der Waals surface area contributed by atoms with Crippen LogP contribution in [0.15, 0.2) is 29.7 Å². The Morgan fingerprint density at radius 3 is 2.64 bits per heavy atom. The molecule has 1 aromatic heterocycles. The monoisotopic (exact) mass is 399 g/mol. The number of benzene rings is 1. The van der Waals surface area contributed by atoms with Gasteiger partial charge in [0.2, 0.25) is 18.6 Å². The summed E-state index contributed by atoms with van der Waals surface area (Å²) in [6.45, 7) is 4.32. The predicted octanol–water partition coefficient (Wildman–Crippen LogP) is 2.11. The van der Waals surface area contributed by atoms with Crippen molar-refractivity contribution in [1.82, 2.24) is 14.8 Å². The van der Waals surface area contributed by atoms with Crippen LogP contribution in [0.1, 0.15) is 16.3 Å². The summed E-state index contributed by atoms with van der Waals surface area (Å²) in [7, 11) is 0. The van der Waals surface area contributed by atoms with E-state index in [2.05, 4.69) is 4.98 Å². The summed E-state index contributed by atoms with van der Waals surface area (Å²) in [5, 5.41) is 2.79. The number of aromatic nitrogens is 1. The molecule has 1 saturated heterocycles. The van der Waals surface area contributed by atoms with Crippen LogP contribution < -0.4 is 9.47 Å². The summed E-state index contributed by atoms with van der Waals surface area (Å²) in [4.78, 5) is 32.8. The van der Waals surface area contributed by atoms with Gasteiger partial charge in [0.15, 0.2) is 11.5 Å². The second-order valence-corrected chi connectivity index (χ2v) is 7.65. The lowest BCUT2D eigenvalue weighted by Crippen LogP contribution is -2.50. The van der Waals surface area contributed by atoms with Gasteiger partial charge in [0.05, 0.1) is 6.42 Å². The number of ether oxygens (including phenoxy) is 2. The highest BCUT2D eigenvalue weighted by Gasteiger charge is 2.23. The number of piperazine rings is 1. The van der Waals surface area contributed by atoms with E-state index in [0.717, 1.165) is 22.0 Å². The van der Waals surface area contributed by atoms with Crippen LogP contribution >= 0.6 is 11.3 Å². The van der Waals surface area contributed by atoms with Crippen molar-refractivity contribution >= 4 is 29.2 Å². The van der Waals surface area contributed by atoms with Crippen molar-refractivity contribution in [2.45, 2.75) is 13.3 Å². The summed E-state index contributed by atoms with van der Waals surface area (Å²) in [6.07, 6.45) is 3.66. The van der Waals surface area contributed by atoms with Gasteiger partial charge in [-0.2, -0.15) is 0 Å². The molecule has 2 aliphatic heterocycles. The number of thiazole rings is 1. The smallest absolute Gasteiger partial charge is 0.246 e. The normalized spacial score (nSPS) is 16.0. The van der Waals surface area contributed by atoms with E-state index in [4.69, 9.17) is 9.47 Å². The summed E-state index contributed by atoms with van der Waals surface area (Å²) >= 11 is 1.51. The van der Waals surface area contributed by atoms with Crippen molar-refractivity contribution < 1.29 is 19.1 Å². The Labute approximate surface area is 167 Å². The molecule has 0 unspecified atom stereocenters. The molecule has 8 heteroatoms. The molecule has 1 aromatic carbocycles. The van der Waals surface area contributed by atoms with Crippen molar-refractivity contribution in [3.8, 4) is 11.5 Å². The van der Waals surface area contributed by atoms with Gasteiger partial charge in [-0.05, 0) is 30.7 Å². The van der Waals surface area contributed by atoms with E-state index in [0.29, 0.717) is 38.3 Å². The third-order valence-corrected chi connectivity index (χ3v) is 5.69. The fourth-order valence-electron chi connectivity index (χ4n) is 3.19. The van der Waals surface area contributed by atoms with Crippen LogP contribution in [0.5, 0.6) is 11.5 Å². The van der Waals surface area contributed by atoms with Crippen LogP contribution in [0.4, 0.5) is 0 Å². The molecule has 0 spiro atoms. The molecule has 0 N–H and O–H groups in total. The second kappa shape index (κ2) is 8.02. The third-order valence-electron chi connectivity index (χ3n) is 4.73. The van der Waals surface area contributed by atoms with Crippen LogP contribution in [-0.2, 0) is 16.0 Å². The van der Waals surface area contributed by atoms with Crippen LogP contribution in [0, 0.1) is 6.92 Å². The number of carbonyl (C=O) groups is 2. The van der Waals surface area contributed by atoms with Gasteiger partial charge in [-0.1, -0.05) is 6.07 Å². The van der Waals surface area contributed by atoms with Gasteiger partial charge in [-0.25, -0.2) is 4.98 Å². The molecule has 0 bridgehead atoms. The van der Waals surface area contributed by atoms with Crippen LogP contribution in [0.3, 0.4) is 0 Å². The van der Waals surface area contributed by atoms with Gasteiger partial charge in [-0.15, -0.1) is 11.3 Å². The summed E-state index contributed by atoms with van der Waals surface area (Å²) in [5.41, 5.74) is 1.82. The molecule has 2 aliphatic rings. The lowest BCUT2D eigenvalue weighted by Gasteiger charge is -2.34. The van der Waals surface area contributed by atoms with Gasteiger partial charge in [-0.3, -0.25) is 9.59 Å². The highest BCUT2D eigenvalue weighted by Crippen LogP contribution is 2.32. The summed E-state index contributed by atoms with van der Waals surface area (Å²) in [5.74, 6) is 1.42. The molecule has 0 atom stereocenters. The molecule has 2 amide bonds. The average molecular weight is 399 g/mol. The van der Waals surface area contributed by atoms with E-state index in [1.807, 2.05) is 35.4 Å².